The number of benzene rings is 2. The van der Waals surface area contributed by atoms with Crippen LogP contribution in [0, 0.1) is 17.6 Å². The molecular formula is C21H24F2O. The zero-order valence-corrected chi connectivity index (χ0v) is 14.1. The maximum Gasteiger partial charge on any atom is 0.126 e. The van der Waals surface area contributed by atoms with Crippen molar-refractivity contribution in [2.45, 2.75) is 51.6 Å². The van der Waals surface area contributed by atoms with Crippen molar-refractivity contribution in [1.29, 1.82) is 0 Å². The van der Waals surface area contributed by atoms with Gasteiger partial charge in [0.15, 0.2) is 0 Å². The highest BCUT2D eigenvalue weighted by Gasteiger charge is 2.21. The second kappa shape index (κ2) is 7.78. The molecule has 0 saturated heterocycles. The van der Waals surface area contributed by atoms with E-state index in [4.69, 9.17) is 4.74 Å². The average molecular weight is 330 g/mol. The molecule has 3 heteroatoms. The molecule has 0 atom stereocenters. The van der Waals surface area contributed by atoms with Crippen LogP contribution in [0.2, 0.25) is 0 Å². The van der Waals surface area contributed by atoms with Crippen LogP contribution in [0.15, 0.2) is 42.5 Å². The lowest BCUT2D eigenvalue weighted by atomic mass is 9.78. The van der Waals surface area contributed by atoms with Crippen LogP contribution in [0.4, 0.5) is 8.78 Å². The van der Waals surface area contributed by atoms with Gasteiger partial charge in [0.05, 0.1) is 0 Å². The van der Waals surface area contributed by atoms with Gasteiger partial charge in [0, 0.05) is 6.07 Å². The van der Waals surface area contributed by atoms with Crippen LogP contribution in [0.25, 0.3) is 0 Å². The summed E-state index contributed by atoms with van der Waals surface area (Å²) >= 11 is 0. The van der Waals surface area contributed by atoms with Gasteiger partial charge in [-0.25, -0.2) is 8.78 Å². The summed E-state index contributed by atoms with van der Waals surface area (Å²) in [5.41, 5.74) is 1.86. The van der Waals surface area contributed by atoms with Crippen molar-refractivity contribution in [3.05, 3.63) is 65.2 Å². The lowest BCUT2D eigenvalue weighted by Gasteiger charge is -2.28. The molecule has 1 aliphatic carbocycles. The number of hydrogen-bond donors (Lipinski definition) is 0. The first kappa shape index (κ1) is 16.9. The zero-order chi connectivity index (χ0) is 16.9. The number of ether oxygens (including phenoxy) is 1. The number of rotatable bonds is 5. The van der Waals surface area contributed by atoms with Crippen molar-refractivity contribution < 1.29 is 13.5 Å². The summed E-state index contributed by atoms with van der Waals surface area (Å²) in [7, 11) is 0. The minimum atomic E-state index is -0.577. The molecule has 128 valence electrons. The Balaban J connectivity index is 1.56. The molecule has 0 amide bonds. The first-order valence-corrected chi connectivity index (χ1v) is 8.81. The van der Waals surface area contributed by atoms with Gasteiger partial charge in [0.2, 0.25) is 0 Å². The van der Waals surface area contributed by atoms with E-state index in [-0.39, 0.29) is 6.61 Å². The Morgan fingerprint density at radius 2 is 1.54 bits per heavy atom. The topological polar surface area (TPSA) is 9.23 Å². The van der Waals surface area contributed by atoms with Crippen molar-refractivity contribution in [3.8, 4) is 5.75 Å². The fourth-order valence-electron chi connectivity index (χ4n) is 3.60. The summed E-state index contributed by atoms with van der Waals surface area (Å²) in [5, 5.41) is 0. The van der Waals surface area contributed by atoms with Crippen LogP contribution < -0.4 is 4.74 Å². The minimum absolute atomic E-state index is 0.162. The highest BCUT2D eigenvalue weighted by Crippen LogP contribution is 2.37. The molecule has 1 aliphatic rings. The summed E-state index contributed by atoms with van der Waals surface area (Å²) in [5.74, 6) is 1.12. The van der Waals surface area contributed by atoms with E-state index in [1.165, 1.54) is 49.8 Å². The lowest BCUT2D eigenvalue weighted by Crippen LogP contribution is -2.12. The smallest absolute Gasteiger partial charge is 0.126 e. The van der Waals surface area contributed by atoms with Crippen molar-refractivity contribution in [3.63, 3.8) is 0 Å². The van der Waals surface area contributed by atoms with E-state index in [1.54, 1.807) is 0 Å². The summed E-state index contributed by atoms with van der Waals surface area (Å²) < 4.78 is 32.0. The second-order valence-electron chi connectivity index (χ2n) is 6.76. The Kier molecular flexibility index (Phi) is 5.49. The van der Waals surface area contributed by atoms with Gasteiger partial charge in [-0.1, -0.05) is 25.5 Å². The maximum atomic E-state index is 13.2. The molecule has 2 aromatic carbocycles. The fraction of sp³-hybridized carbons (Fsp3) is 0.429. The molecule has 0 aliphatic heterocycles. The third kappa shape index (κ3) is 4.34. The van der Waals surface area contributed by atoms with E-state index in [0.29, 0.717) is 11.5 Å². The molecule has 0 N–H and O–H groups in total. The van der Waals surface area contributed by atoms with Gasteiger partial charge in [0.25, 0.3) is 0 Å². The summed E-state index contributed by atoms with van der Waals surface area (Å²) in [4.78, 5) is 0. The fourth-order valence-corrected chi connectivity index (χ4v) is 3.60. The van der Waals surface area contributed by atoms with Crippen LogP contribution in [0.1, 0.15) is 56.1 Å². The molecule has 0 unspecified atom stereocenters. The van der Waals surface area contributed by atoms with Crippen molar-refractivity contribution >= 4 is 0 Å². The first-order chi connectivity index (χ1) is 11.6. The molecule has 0 aromatic heterocycles. The van der Waals surface area contributed by atoms with Gasteiger partial charge in [-0.2, -0.15) is 0 Å². The standard InChI is InChI=1S/C21H24F2O/c1-2-15-3-5-17(6-4-15)18-7-9-21(10-8-18)24-14-16-11-19(22)13-20(23)12-16/h7-13,15,17H,2-6,14H2,1H3/t15-,17-. The predicted molar refractivity (Wildman–Crippen MR) is 92.1 cm³/mol. The quantitative estimate of drug-likeness (QED) is 0.631. The zero-order valence-electron chi connectivity index (χ0n) is 14.1. The third-order valence-corrected chi connectivity index (χ3v) is 5.10. The largest absolute Gasteiger partial charge is 0.489 e. The average Bonchev–Trinajstić information content (AvgIpc) is 2.60. The second-order valence-corrected chi connectivity index (χ2v) is 6.76. The summed E-state index contributed by atoms with van der Waals surface area (Å²) in [6.07, 6.45) is 6.47. The SMILES string of the molecule is CC[C@H]1CC[C@H](c2ccc(OCc3cc(F)cc(F)c3)cc2)CC1. The Morgan fingerprint density at radius 3 is 2.12 bits per heavy atom. The van der Waals surface area contributed by atoms with Crippen molar-refractivity contribution in [2.24, 2.45) is 5.92 Å². The number of hydrogen-bond acceptors (Lipinski definition) is 1. The predicted octanol–water partition coefficient (Wildman–Crippen LogP) is 6.23. The van der Waals surface area contributed by atoms with E-state index >= 15 is 0 Å². The van der Waals surface area contributed by atoms with Gasteiger partial charge in [-0.15, -0.1) is 0 Å². The monoisotopic (exact) mass is 330 g/mol. The van der Waals surface area contributed by atoms with Gasteiger partial charge in [-0.05, 0) is 72.9 Å². The van der Waals surface area contributed by atoms with E-state index in [9.17, 15) is 8.78 Å². The van der Waals surface area contributed by atoms with Gasteiger partial charge < -0.3 is 4.74 Å². The Hall–Kier alpha value is -1.90. The van der Waals surface area contributed by atoms with Crippen LogP contribution in [0.5, 0.6) is 5.75 Å². The summed E-state index contributed by atoms with van der Waals surface area (Å²) in [6.45, 7) is 2.44. The summed E-state index contributed by atoms with van der Waals surface area (Å²) in [6, 6.07) is 11.6. The lowest BCUT2D eigenvalue weighted by molar-refractivity contribution is 0.303. The molecule has 1 fully saturated rings. The third-order valence-electron chi connectivity index (χ3n) is 5.10. The molecule has 0 heterocycles. The van der Waals surface area contributed by atoms with Crippen molar-refractivity contribution in [1.82, 2.24) is 0 Å². The van der Waals surface area contributed by atoms with E-state index in [2.05, 4.69) is 19.1 Å². The Labute approximate surface area is 142 Å². The molecular weight excluding hydrogens is 306 g/mol. The van der Waals surface area contributed by atoms with Crippen LogP contribution in [-0.2, 0) is 6.61 Å². The Bertz CT molecular complexity index is 638. The number of halogens is 2. The van der Waals surface area contributed by atoms with Crippen LogP contribution in [0.3, 0.4) is 0 Å². The highest BCUT2D eigenvalue weighted by molar-refractivity contribution is 5.30. The molecule has 0 bridgehead atoms. The van der Waals surface area contributed by atoms with Crippen LogP contribution in [-0.4, -0.2) is 0 Å². The van der Waals surface area contributed by atoms with Crippen LogP contribution >= 0.6 is 0 Å². The molecule has 2 aromatic rings. The molecule has 1 saturated carbocycles. The highest BCUT2D eigenvalue weighted by atomic mass is 19.1. The van der Waals surface area contributed by atoms with E-state index in [1.807, 2.05) is 12.1 Å². The van der Waals surface area contributed by atoms with Gasteiger partial charge >= 0.3 is 0 Å². The normalized spacial score (nSPS) is 20.8. The van der Waals surface area contributed by atoms with Gasteiger partial charge in [-0.3, -0.25) is 0 Å². The first-order valence-electron chi connectivity index (χ1n) is 8.81. The molecule has 1 nitrogen and oxygen atoms in total. The van der Waals surface area contributed by atoms with E-state index in [0.717, 1.165) is 17.7 Å². The van der Waals surface area contributed by atoms with Crippen molar-refractivity contribution in [2.75, 3.05) is 0 Å². The maximum absolute atomic E-state index is 13.2. The molecule has 3 rings (SSSR count). The van der Waals surface area contributed by atoms with E-state index < -0.39 is 11.6 Å². The molecule has 0 spiro atoms. The van der Waals surface area contributed by atoms with Gasteiger partial charge in [0.1, 0.15) is 24.0 Å². The molecule has 24 heavy (non-hydrogen) atoms. The molecule has 0 radical (unpaired) electrons. The minimum Gasteiger partial charge on any atom is -0.489 e. The Morgan fingerprint density at radius 1 is 0.917 bits per heavy atom.